The van der Waals surface area contributed by atoms with Gasteiger partial charge < -0.3 is 23.9 Å². The zero-order valence-corrected chi connectivity index (χ0v) is 26.9. The van der Waals surface area contributed by atoms with Crippen molar-refractivity contribution in [3.63, 3.8) is 0 Å². The first kappa shape index (κ1) is 42.1. The van der Waals surface area contributed by atoms with Crippen molar-refractivity contribution < 1.29 is 106 Å². The number of carbonyl (C=O) groups excluding carboxylic acids is 4. The fraction of sp³-hybridized carbons (Fsp3) is 0.818. The Morgan fingerprint density at radius 2 is 1.26 bits per heavy atom. The molecule has 0 rings (SSSR count). The second-order valence-electron chi connectivity index (χ2n) is 7.77. The summed E-state index contributed by atoms with van der Waals surface area (Å²) in [5, 5.41) is 6.83. The van der Waals surface area contributed by atoms with Crippen LogP contribution in [0, 0.1) is 11.8 Å². The second-order valence-corrected chi connectivity index (χ2v) is 9.32. The maximum absolute atomic E-state index is 12.1. The SMILES string of the molecule is CCCCC(CC)COC(=O)CC(C(=O)OCC(CC)CCCC)S(=O)(=O)[O-].O=CC(=O)[O-].[Na+].[Na+]. The largest absolute Gasteiger partial charge is 1.00 e. The topological polar surface area (TPSA) is 167 Å². The number of rotatable bonds is 17. The van der Waals surface area contributed by atoms with E-state index in [1.54, 1.807) is 0 Å². The van der Waals surface area contributed by atoms with Crippen LogP contribution >= 0.6 is 0 Å². The van der Waals surface area contributed by atoms with Gasteiger partial charge in [-0.15, -0.1) is 0 Å². The van der Waals surface area contributed by atoms with Gasteiger partial charge in [0.15, 0.2) is 11.5 Å². The Morgan fingerprint density at radius 3 is 1.57 bits per heavy atom. The third-order valence-electron chi connectivity index (χ3n) is 5.09. The average Bonchev–Trinajstić information content (AvgIpc) is 2.77. The van der Waals surface area contributed by atoms with E-state index in [0.29, 0.717) is 0 Å². The molecule has 0 fully saturated rings. The summed E-state index contributed by atoms with van der Waals surface area (Å²) >= 11 is 0. The van der Waals surface area contributed by atoms with Crippen LogP contribution in [0.25, 0.3) is 0 Å². The Morgan fingerprint density at radius 1 is 0.857 bits per heavy atom. The molecule has 0 radical (unpaired) electrons. The van der Waals surface area contributed by atoms with Crippen molar-refractivity contribution in [3.8, 4) is 0 Å². The van der Waals surface area contributed by atoms with Crippen LogP contribution in [-0.4, -0.2) is 55.6 Å². The van der Waals surface area contributed by atoms with Crippen LogP contribution in [0.2, 0.25) is 0 Å². The van der Waals surface area contributed by atoms with Crippen LogP contribution in [0.1, 0.15) is 85.5 Å². The summed E-state index contributed by atoms with van der Waals surface area (Å²) in [6, 6.07) is 0. The molecule has 0 aromatic rings. The van der Waals surface area contributed by atoms with Gasteiger partial charge in [-0.3, -0.25) is 14.4 Å². The first-order valence-corrected chi connectivity index (χ1v) is 12.9. The predicted octanol–water partition coefficient (Wildman–Crippen LogP) is -4.25. The molecule has 3 unspecified atom stereocenters. The molecule has 0 spiro atoms. The van der Waals surface area contributed by atoms with Gasteiger partial charge in [0.25, 0.3) is 0 Å². The molecule has 13 heteroatoms. The Kier molecular flexibility index (Phi) is 30.8. The van der Waals surface area contributed by atoms with Crippen molar-refractivity contribution in [3.05, 3.63) is 0 Å². The Hall–Kier alpha value is -0.01000. The number of carboxylic acids is 1. The van der Waals surface area contributed by atoms with E-state index in [-0.39, 0.29) is 90.5 Å². The minimum absolute atomic E-state index is 0. The number of aliphatic carboxylic acids is 1. The van der Waals surface area contributed by atoms with Crippen molar-refractivity contribution >= 4 is 34.3 Å². The third-order valence-corrected chi connectivity index (χ3v) is 6.14. The van der Waals surface area contributed by atoms with Crippen molar-refractivity contribution in [1.82, 2.24) is 0 Å². The van der Waals surface area contributed by atoms with Gasteiger partial charge in [-0.25, -0.2) is 8.42 Å². The van der Waals surface area contributed by atoms with Gasteiger partial charge in [-0.2, -0.15) is 0 Å². The van der Waals surface area contributed by atoms with Crippen LogP contribution in [0.15, 0.2) is 0 Å². The first-order valence-electron chi connectivity index (χ1n) is 11.4. The number of aldehydes is 1. The molecule has 3 atom stereocenters. The molecule has 0 heterocycles. The summed E-state index contributed by atoms with van der Waals surface area (Å²) < 4.78 is 44.6. The van der Waals surface area contributed by atoms with Crippen LogP contribution in [-0.2, 0) is 38.8 Å². The van der Waals surface area contributed by atoms with Crippen LogP contribution in [0.4, 0.5) is 0 Å². The molecule has 0 aliphatic rings. The molecule has 0 saturated heterocycles. The predicted molar refractivity (Wildman–Crippen MR) is 118 cm³/mol. The molecular formula is C22H38Na2O10S. The van der Waals surface area contributed by atoms with Gasteiger partial charge in [0.2, 0.25) is 0 Å². The molecule has 0 amide bonds. The summed E-state index contributed by atoms with van der Waals surface area (Å²) in [5.74, 6) is -3.42. The van der Waals surface area contributed by atoms with Crippen LogP contribution < -0.4 is 64.2 Å². The number of unbranched alkanes of at least 4 members (excludes halogenated alkanes) is 2. The smallest absolute Gasteiger partial charge is 0.747 e. The van der Waals surface area contributed by atoms with Gasteiger partial charge >= 0.3 is 71.1 Å². The van der Waals surface area contributed by atoms with Gasteiger partial charge in [0, 0.05) is 0 Å². The van der Waals surface area contributed by atoms with Gasteiger partial charge in [0.05, 0.1) is 19.6 Å². The van der Waals surface area contributed by atoms with Crippen LogP contribution in [0.5, 0.6) is 0 Å². The Balaban J connectivity index is -0.000000619. The van der Waals surface area contributed by atoms with Gasteiger partial charge in [-0.1, -0.05) is 66.2 Å². The van der Waals surface area contributed by atoms with Gasteiger partial charge in [-0.05, 0) is 24.7 Å². The van der Waals surface area contributed by atoms with Crippen molar-refractivity contribution in [1.29, 1.82) is 0 Å². The number of hydrogen-bond acceptors (Lipinski definition) is 10. The van der Waals surface area contributed by atoms with E-state index in [1.807, 2.05) is 13.8 Å². The molecule has 0 N–H and O–H groups in total. The quantitative estimate of drug-likeness (QED) is 0.0579. The minimum Gasteiger partial charge on any atom is -0.747 e. The van der Waals surface area contributed by atoms with Gasteiger partial charge in [0.1, 0.15) is 16.1 Å². The number of ether oxygens (including phenoxy) is 2. The zero-order valence-electron chi connectivity index (χ0n) is 22.1. The maximum Gasteiger partial charge on any atom is 1.00 e. The van der Waals surface area contributed by atoms with E-state index in [1.165, 1.54) is 0 Å². The molecule has 0 aromatic carbocycles. The molecule has 0 aliphatic carbocycles. The molecule has 35 heavy (non-hydrogen) atoms. The minimum atomic E-state index is -5.01. The van der Waals surface area contributed by atoms with Crippen molar-refractivity contribution in [2.75, 3.05) is 13.2 Å². The van der Waals surface area contributed by atoms with E-state index < -0.39 is 39.7 Å². The number of carboxylic acid groups (broad SMARTS) is 1. The standard InChI is InChI=1S/C20H38O7S.C2H2O3.2Na/c1-5-9-11-16(7-3)14-26-19(21)13-18(28(23,24)25)20(22)27-15-17(8-4)12-10-6-2;3-1-2(4)5;;/h16-18H,5-15H2,1-4H3,(H,23,24,25);1H,(H,4,5);;/q;;2*+1/p-2. The molecule has 10 nitrogen and oxygen atoms in total. The number of carbonyl (C=O) groups is 4. The molecular weight excluding hydrogens is 502 g/mol. The Labute approximate surface area is 254 Å². The van der Waals surface area contributed by atoms with Crippen LogP contribution in [0.3, 0.4) is 0 Å². The number of esters is 2. The summed E-state index contributed by atoms with van der Waals surface area (Å²) in [7, 11) is -5.01. The van der Waals surface area contributed by atoms with Crippen molar-refractivity contribution in [2.45, 2.75) is 90.7 Å². The molecule has 0 bridgehead atoms. The van der Waals surface area contributed by atoms with E-state index in [2.05, 4.69) is 13.8 Å². The molecule has 0 aromatic heterocycles. The fourth-order valence-electron chi connectivity index (χ4n) is 2.81. The molecule has 194 valence electrons. The third kappa shape index (κ3) is 24.1. The van der Waals surface area contributed by atoms with E-state index in [9.17, 15) is 22.6 Å². The monoisotopic (exact) mass is 540 g/mol. The summed E-state index contributed by atoms with van der Waals surface area (Å²) in [6.07, 6.45) is 6.30. The second kappa shape index (κ2) is 25.6. The maximum atomic E-state index is 12.1. The molecule has 0 saturated carbocycles. The van der Waals surface area contributed by atoms with E-state index in [0.717, 1.165) is 51.4 Å². The average molecular weight is 541 g/mol. The molecule has 0 aliphatic heterocycles. The normalized spacial score (nSPS) is 12.8. The zero-order chi connectivity index (χ0) is 25.9. The van der Waals surface area contributed by atoms with E-state index in [4.69, 9.17) is 24.2 Å². The number of hydrogen-bond donors (Lipinski definition) is 0. The summed E-state index contributed by atoms with van der Waals surface area (Å²) in [6.45, 7) is 8.26. The Bertz CT molecular complexity index is 686. The first-order chi connectivity index (χ1) is 15.5. The van der Waals surface area contributed by atoms with Crippen molar-refractivity contribution in [2.24, 2.45) is 11.8 Å². The summed E-state index contributed by atoms with van der Waals surface area (Å²) in [4.78, 5) is 41.9. The van der Waals surface area contributed by atoms with E-state index >= 15 is 0 Å². The fourth-order valence-corrected chi connectivity index (χ4v) is 3.46. The summed E-state index contributed by atoms with van der Waals surface area (Å²) in [5.41, 5.74) is 0.